The number of aromatic amines is 1. The van der Waals surface area contributed by atoms with Crippen molar-refractivity contribution in [2.24, 2.45) is 0 Å². The highest BCUT2D eigenvalue weighted by molar-refractivity contribution is 7.71. The number of nitrogens with zero attached hydrogens (tertiary/aromatic N) is 1. The van der Waals surface area contributed by atoms with Crippen LogP contribution in [0.1, 0.15) is 5.56 Å². The fourth-order valence-electron chi connectivity index (χ4n) is 2.40. The maximum Gasteiger partial charge on any atom is 0.266 e. The number of ether oxygens (including phenoxy) is 1. The Hall–Kier alpha value is -2.40. The average Bonchev–Trinajstić information content (AvgIpc) is 2.47. The average molecular weight is 298 g/mol. The topological polar surface area (TPSA) is 47.0 Å². The summed E-state index contributed by atoms with van der Waals surface area (Å²) in [5.74, 6) is 0.780. The third-order valence-corrected chi connectivity index (χ3v) is 3.73. The summed E-state index contributed by atoms with van der Waals surface area (Å²) in [6.07, 6.45) is 0. The van der Waals surface area contributed by atoms with Crippen LogP contribution >= 0.6 is 12.2 Å². The van der Waals surface area contributed by atoms with Crippen molar-refractivity contribution in [2.45, 2.75) is 6.92 Å². The molecule has 0 saturated carbocycles. The van der Waals surface area contributed by atoms with Crippen LogP contribution in [-0.2, 0) is 0 Å². The van der Waals surface area contributed by atoms with Crippen LogP contribution in [0.4, 0.5) is 0 Å². The molecule has 0 saturated heterocycles. The van der Waals surface area contributed by atoms with Crippen molar-refractivity contribution in [3.8, 4) is 11.4 Å². The summed E-state index contributed by atoms with van der Waals surface area (Å²) in [4.78, 5) is 15.8. The summed E-state index contributed by atoms with van der Waals surface area (Å²) in [6, 6.07) is 12.9. The van der Waals surface area contributed by atoms with Crippen molar-refractivity contribution in [1.82, 2.24) is 9.55 Å². The predicted octanol–water partition coefficient (Wildman–Crippen LogP) is 3.37. The van der Waals surface area contributed by atoms with Gasteiger partial charge in [-0.2, -0.15) is 0 Å². The molecule has 0 aliphatic carbocycles. The molecule has 0 aliphatic heterocycles. The highest BCUT2D eigenvalue weighted by Crippen LogP contribution is 2.20. The van der Waals surface area contributed by atoms with E-state index in [2.05, 4.69) is 4.98 Å². The maximum absolute atomic E-state index is 12.7. The number of hydrogen-bond acceptors (Lipinski definition) is 3. The van der Waals surface area contributed by atoms with Gasteiger partial charge in [-0.15, -0.1) is 0 Å². The Morgan fingerprint density at radius 3 is 2.67 bits per heavy atom. The minimum Gasteiger partial charge on any atom is -0.496 e. The molecule has 1 aromatic heterocycles. The van der Waals surface area contributed by atoms with Gasteiger partial charge in [0.15, 0.2) is 4.77 Å². The third-order valence-electron chi connectivity index (χ3n) is 3.44. The predicted molar refractivity (Wildman–Crippen MR) is 86.0 cm³/mol. The van der Waals surface area contributed by atoms with E-state index in [4.69, 9.17) is 17.0 Å². The van der Waals surface area contributed by atoms with Crippen LogP contribution in [0, 0.1) is 11.7 Å². The Labute approximate surface area is 126 Å². The number of rotatable bonds is 2. The van der Waals surface area contributed by atoms with Crippen molar-refractivity contribution < 1.29 is 4.74 Å². The number of fused-ring (bicyclic) bond motifs is 1. The van der Waals surface area contributed by atoms with E-state index in [1.165, 1.54) is 4.57 Å². The minimum atomic E-state index is -0.126. The summed E-state index contributed by atoms with van der Waals surface area (Å²) >= 11 is 5.33. The van der Waals surface area contributed by atoms with Gasteiger partial charge in [0, 0.05) is 0 Å². The molecule has 4 nitrogen and oxygen atoms in total. The normalized spacial score (nSPS) is 10.8. The first kappa shape index (κ1) is 13.6. The molecule has 0 aliphatic rings. The zero-order valence-electron chi connectivity index (χ0n) is 11.7. The van der Waals surface area contributed by atoms with Crippen LogP contribution in [-0.4, -0.2) is 16.7 Å². The van der Waals surface area contributed by atoms with Crippen molar-refractivity contribution in [2.75, 3.05) is 7.11 Å². The van der Waals surface area contributed by atoms with Crippen LogP contribution < -0.4 is 10.3 Å². The lowest BCUT2D eigenvalue weighted by atomic mass is 10.2. The molecule has 1 N–H and O–H groups in total. The summed E-state index contributed by atoms with van der Waals surface area (Å²) in [5, 5.41) is 0.611. The van der Waals surface area contributed by atoms with Crippen molar-refractivity contribution in [1.29, 1.82) is 0 Å². The molecule has 3 rings (SSSR count). The number of aryl methyl sites for hydroxylation is 1. The van der Waals surface area contributed by atoms with Crippen LogP contribution in [0.5, 0.6) is 5.75 Å². The Balaban J connectivity index is 2.33. The molecule has 0 fully saturated rings. The monoisotopic (exact) mass is 298 g/mol. The van der Waals surface area contributed by atoms with E-state index in [0.717, 1.165) is 22.5 Å². The quantitative estimate of drug-likeness (QED) is 0.738. The van der Waals surface area contributed by atoms with E-state index in [1.54, 1.807) is 13.2 Å². The molecule has 3 aromatic rings. The zero-order chi connectivity index (χ0) is 15.0. The van der Waals surface area contributed by atoms with Gasteiger partial charge in [0.1, 0.15) is 5.75 Å². The highest BCUT2D eigenvalue weighted by Gasteiger charge is 2.08. The fourth-order valence-corrected chi connectivity index (χ4v) is 2.70. The van der Waals surface area contributed by atoms with E-state index in [0.29, 0.717) is 10.2 Å². The summed E-state index contributed by atoms with van der Waals surface area (Å²) in [5.41, 5.74) is 2.29. The molecule has 0 unspecified atom stereocenters. The van der Waals surface area contributed by atoms with Crippen molar-refractivity contribution in [3.63, 3.8) is 0 Å². The number of hydrogen-bond donors (Lipinski definition) is 1. The van der Waals surface area contributed by atoms with Gasteiger partial charge in [-0.25, -0.2) is 0 Å². The first-order chi connectivity index (χ1) is 10.1. The molecule has 5 heteroatoms. The SMILES string of the molecule is COc1ccc(-n2c(=S)[nH]c3ccccc3c2=O)cc1C. The Morgan fingerprint density at radius 1 is 1.19 bits per heavy atom. The van der Waals surface area contributed by atoms with E-state index >= 15 is 0 Å². The second kappa shape index (κ2) is 5.18. The van der Waals surface area contributed by atoms with Crippen LogP contribution in [0.2, 0.25) is 0 Å². The summed E-state index contributed by atoms with van der Waals surface area (Å²) < 4.78 is 7.13. The smallest absolute Gasteiger partial charge is 0.266 e. The van der Waals surface area contributed by atoms with Gasteiger partial charge >= 0.3 is 0 Å². The second-order valence-corrected chi connectivity index (χ2v) is 5.16. The molecular formula is C16H14N2O2S. The Morgan fingerprint density at radius 2 is 1.95 bits per heavy atom. The number of methoxy groups -OCH3 is 1. The molecule has 1 heterocycles. The van der Waals surface area contributed by atoms with E-state index in [-0.39, 0.29) is 5.56 Å². The Kier molecular flexibility index (Phi) is 3.35. The first-order valence-electron chi connectivity index (χ1n) is 6.51. The number of benzene rings is 2. The molecule has 0 atom stereocenters. The molecule has 106 valence electrons. The lowest BCUT2D eigenvalue weighted by Crippen LogP contribution is -2.20. The molecule has 0 bridgehead atoms. The van der Waals surface area contributed by atoms with Gasteiger partial charge in [-0.1, -0.05) is 12.1 Å². The number of H-pyrrole nitrogens is 1. The summed E-state index contributed by atoms with van der Waals surface area (Å²) in [7, 11) is 1.62. The number of aromatic nitrogens is 2. The van der Waals surface area contributed by atoms with E-state index < -0.39 is 0 Å². The molecular weight excluding hydrogens is 284 g/mol. The zero-order valence-corrected chi connectivity index (χ0v) is 12.5. The number of nitrogens with one attached hydrogen (secondary N) is 1. The first-order valence-corrected chi connectivity index (χ1v) is 6.92. The third kappa shape index (κ3) is 2.25. The van der Waals surface area contributed by atoms with Crippen molar-refractivity contribution in [3.05, 3.63) is 63.2 Å². The van der Waals surface area contributed by atoms with Gasteiger partial charge in [-0.3, -0.25) is 9.36 Å². The molecule has 0 radical (unpaired) electrons. The van der Waals surface area contributed by atoms with Crippen LogP contribution in [0.3, 0.4) is 0 Å². The largest absolute Gasteiger partial charge is 0.496 e. The second-order valence-electron chi connectivity index (χ2n) is 4.77. The van der Waals surface area contributed by atoms with E-state index in [1.807, 2.05) is 43.3 Å². The molecule has 0 amide bonds. The Bertz CT molecular complexity index is 941. The molecule has 0 spiro atoms. The number of para-hydroxylation sites is 1. The van der Waals surface area contributed by atoms with Gasteiger partial charge in [0.2, 0.25) is 0 Å². The highest BCUT2D eigenvalue weighted by atomic mass is 32.1. The standard InChI is InChI=1S/C16H14N2O2S/c1-10-9-11(7-8-14(10)20-2)18-15(19)12-5-3-4-6-13(12)17-16(18)21/h3-9H,1-2H3,(H,17,21). The molecule has 2 aromatic carbocycles. The van der Waals surface area contributed by atoms with Crippen LogP contribution in [0.15, 0.2) is 47.3 Å². The van der Waals surface area contributed by atoms with E-state index in [9.17, 15) is 4.79 Å². The lowest BCUT2D eigenvalue weighted by molar-refractivity contribution is 0.411. The molecule has 21 heavy (non-hydrogen) atoms. The van der Waals surface area contributed by atoms with Gasteiger partial charge in [-0.05, 0) is 55.0 Å². The minimum absolute atomic E-state index is 0.126. The lowest BCUT2D eigenvalue weighted by Gasteiger charge is -2.11. The summed E-state index contributed by atoms with van der Waals surface area (Å²) in [6.45, 7) is 1.93. The fraction of sp³-hybridized carbons (Fsp3) is 0.125. The van der Waals surface area contributed by atoms with Crippen molar-refractivity contribution >= 4 is 23.1 Å². The van der Waals surface area contributed by atoms with Gasteiger partial charge in [0.25, 0.3) is 5.56 Å². The van der Waals surface area contributed by atoms with Crippen LogP contribution in [0.25, 0.3) is 16.6 Å². The van der Waals surface area contributed by atoms with Gasteiger partial charge < -0.3 is 9.72 Å². The maximum atomic E-state index is 12.7. The van der Waals surface area contributed by atoms with Gasteiger partial charge in [0.05, 0.1) is 23.7 Å².